The van der Waals surface area contributed by atoms with Gasteiger partial charge in [-0.2, -0.15) is 0 Å². The molecule has 0 bridgehead atoms. The highest BCUT2D eigenvalue weighted by Gasteiger charge is 2.26. The van der Waals surface area contributed by atoms with Crippen LogP contribution in [-0.4, -0.2) is 41.6 Å². The number of hydrogen-bond acceptors (Lipinski definition) is 5. The quantitative estimate of drug-likeness (QED) is 0.273. The number of aryl methyl sites for hydroxylation is 1. The molecule has 0 saturated carbocycles. The Balaban J connectivity index is 0.00000289. The Bertz CT molecular complexity index is 1040. The van der Waals surface area contributed by atoms with Gasteiger partial charge >= 0.3 is 0 Å². The van der Waals surface area contributed by atoms with Gasteiger partial charge < -0.3 is 20.0 Å². The van der Waals surface area contributed by atoms with Gasteiger partial charge in [0.2, 0.25) is 5.89 Å². The van der Waals surface area contributed by atoms with Gasteiger partial charge in [0.05, 0.1) is 6.54 Å². The number of rotatable bonds is 6. The molecule has 1 aliphatic heterocycles. The van der Waals surface area contributed by atoms with Crippen LogP contribution in [0.3, 0.4) is 0 Å². The van der Waals surface area contributed by atoms with E-state index in [0.717, 1.165) is 30.8 Å². The number of nitrogens with zero attached hydrogens (tertiary/aromatic N) is 4. The molecule has 0 aliphatic carbocycles. The summed E-state index contributed by atoms with van der Waals surface area (Å²) in [6, 6.07) is 11.3. The summed E-state index contributed by atoms with van der Waals surface area (Å²) in [6.45, 7) is 6.62. The fourth-order valence-electron chi connectivity index (χ4n) is 3.56. The van der Waals surface area contributed by atoms with E-state index in [2.05, 4.69) is 25.6 Å². The zero-order valence-electron chi connectivity index (χ0n) is 18.2. The number of oxazole rings is 1. The first-order valence-electron chi connectivity index (χ1n) is 10.5. The van der Waals surface area contributed by atoms with E-state index in [1.807, 2.05) is 43.0 Å². The lowest BCUT2D eigenvalue weighted by molar-refractivity contribution is 0.572. The molecule has 3 heterocycles. The molecule has 1 atom stereocenters. The van der Waals surface area contributed by atoms with Crippen LogP contribution in [-0.2, 0) is 6.54 Å². The first-order chi connectivity index (χ1) is 15.1. The predicted octanol–water partition coefficient (Wildman–Crippen LogP) is 4.14. The SMILES string of the molecule is CCNC(=NCc1coc(-c2ccc(C)cc2)n1)NC1CCN(c2ncccc2F)C1.I. The summed E-state index contributed by atoms with van der Waals surface area (Å²) in [7, 11) is 0. The number of pyridine rings is 1. The Morgan fingerprint density at radius 1 is 1.28 bits per heavy atom. The van der Waals surface area contributed by atoms with Crippen LogP contribution in [0.1, 0.15) is 24.6 Å². The van der Waals surface area contributed by atoms with Crippen LogP contribution in [0.15, 0.2) is 58.3 Å². The second-order valence-corrected chi connectivity index (χ2v) is 7.59. The third-order valence-electron chi connectivity index (χ3n) is 5.16. The normalized spacial score (nSPS) is 16.0. The minimum atomic E-state index is -0.292. The number of aliphatic imine (C=N–C) groups is 1. The highest BCUT2D eigenvalue weighted by atomic mass is 127. The first-order valence-corrected chi connectivity index (χ1v) is 10.5. The van der Waals surface area contributed by atoms with E-state index in [1.165, 1.54) is 11.6 Å². The summed E-state index contributed by atoms with van der Waals surface area (Å²) in [5.41, 5.74) is 2.90. The van der Waals surface area contributed by atoms with Gasteiger partial charge in [-0.3, -0.25) is 0 Å². The van der Waals surface area contributed by atoms with Crippen molar-refractivity contribution in [3.8, 4) is 11.5 Å². The van der Waals surface area contributed by atoms with Crippen LogP contribution in [0.2, 0.25) is 0 Å². The maximum Gasteiger partial charge on any atom is 0.226 e. The van der Waals surface area contributed by atoms with E-state index in [4.69, 9.17) is 4.42 Å². The largest absolute Gasteiger partial charge is 0.444 e. The van der Waals surface area contributed by atoms with Gasteiger partial charge in [-0.15, -0.1) is 24.0 Å². The fraction of sp³-hybridized carbons (Fsp3) is 0.348. The van der Waals surface area contributed by atoms with Crippen LogP contribution in [0.4, 0.5) is 10.2 Å². The van der Waals surface area contributed by atoms with Crippen LogP contribution >= 0.6 is 24.0 Å². The average Bonchev–Trinajstić information content (AvgIpc) is 3.43. The zero-order chi connectivity index (χ0) is 21.6. The van der Waals surface area contributed by atoms with Crippen molar-refractivity contribution in [3.63, 3.8) is 0 Å². The van der Waals surface area contributed by atoms with Gasteiger partial charge in [0.25, 0.3) is 0 Å². The zero-order valence-corrected chi connectivity index (χ0v) is 20.5. The summed E-state index contributed by atoms with van der Waals surface area (Å²) in [5.74, 6) is 1.40. The summed E-state index contributed by atoms with van der Waals surface area (Å²) in [5, 5.41) is 6.70. The molecule has 0 radical (unpaired) electrons. The van der Waals surface area contributed by atoms with E-state index < -0.39 is 0 Å². The van der Waals surface area contributed by atoms with Crippen molar-refractivity contribution < 1.29 is 8.81 Å². The molecule has 170 valence electrons. The molecule has 7 nitrogen and oxygen atoms in total. The minimum absolute atomic E-state index is 0. The Kier molecular flexibility index (Phi) is 8.43. The van der Waals surface area contributed by atoms with E-state index >= 15 is 0 Å². The molecule has 2 aromatic heterocycles. The van der Waals surface area contributed by atoms with E-state index in [0.29, 0.717) is 30.8 Å². The van der Waals surface area contributed by atoms with Crippen molar-refractivity contribution in [3.05, 3.63) is 65.9 Å². The number of halogens is 2. The van der Waals surface area contributed by atoms with Crippen molar-refractivity contribution in [2.45, 2.75) is 32.9 Å². The minimum Gasteiger partial charge on any atom is -0.444 e. The van der Waals surface area contributed by atoms with Crippen molar-refractivity contribution in [1.82, 2.24) is 20.6 Å². The van der Waals surface area contributed by atoms with Gasteiger partial charge in [0.15, 0.2) is 17.6 Å². The van der Waals surface area contributed by atoms with Gasteiger partial charge in [-0.25, -0.2) is 19.4 Å². The fourth-order valence-corrected chi connectivity index (χ4v) is 3.56. The monoisotopic (exact) mass is 550 g/mol. The molecule has 4 rings (SSSR count). The van der Waals surface area contributed by atoms with Crippen LogP contribution in [0, 0.1) is 12.7 Å². The summed E-state index contributed by atoms with van der Waals surface area (Å²) in [6.07, 6.45) is 4.14. The molecule has 32 heavy (non-hydrogen) atoms. The van der Waals surface area contributed by atoms with Gasteiger partial charge in [0.1, 0.15) is 12.0 Å². The van der Waals surface area contributed by atoms with Crippen LogP contribution in [0.25, 0.3) is 11.5 Å². The lowest BCUT2D eigenvalue weighted by Crippen LogP contribution is -2.44. The van der Waals surface area contributed by atoms with Crippen LogP contribution < -0.4 is 15.5 Å². The Labute approximate surface area is 204 Å². The highest BCUT2D eigenvalue weighted by Crippen LogP contribution is 2.21. The molecular weight excluding hydrogens is 522 g/mol. The molecule has 1 saturated heterocycles. The van der Waals surface area contributed by atoms with Gasteiger partial charge in [-0.1, -0.05) is 17.7 Å². The number of guanidine groups is 1. The molecule has 1 aromatic carbocycles. The molecular formula is C23H28FIN6O. The Morgan fingerprint density at radius 2 is 2.09 bits per heavy atom. The molecule has 0 amide bonds. The maximum absolute atomic E-state index is 14.0. The lowest BCUT2D eigenvalue weighted by Gasteiger charge is -2.19. The van der Waals surface area contributed by atoms with Crippen molar-refractivity contribution in [1.29, 1.82) is 0 Å². The van der Waals surface area contributed by atoms with E-state index in [1.54, 1.807) is 18.5 Å². The highest BCUT2D eigenvalue weighted by molar-refractivity contribution is 14.0. The Morgan fingerprint density at radius 3 is 2.84 bits per heavy atom. The van der Waals surface area contributed by atoms with Gasteiger partial charge in [-0.05, 0) is 44.5 Å². The maximum atomic E-state index is 14.0. The first kappa shape index (κ1) is 24.0. The third-order valence-corrected chi connectivity index (χ3v) is 5.16. The molecule has 9 heteroatoms. The molecule has 1 fully saturated rings. The number of aromatic nitrogens is 2. The van der Waals surface area contributed by atoms with Crippen molar-refractivity contribution in [2.75, 3.05) is 24.5 Å². The third kappa shape index (κ3) is 5.96. The van der Waals surface area contributed by atoms with E-state index in [-0.39, 0.29) is 35.8 Å². The van der Waals surface area contributed by atoms with Gasteiger partial charge in [0, 0.05) is 37.4 Å². The average molecular weight is 550 g/mol. The second kappa shape index (κ2) is 11.3. The number of hydrogen-bond donors (Lipinski definition) is 2. The topological polar surface area (TPSA) is 78.6 Å². The Hall–Kier alpha value is -2.69. The second-order valence-electron chi connectivity index (χ2n) is 7.59. The standard InChI is InChI=1S/C23H27FN6O.HI/c1-3-25-23(29-18-10-12-30(14-18)21-20(24)5-4-11-26-21)27-13-19-15-31-22(28-19)17-8-6-16(2)7-9-17;/h4-9,11,15,18H,3,10,12-14H2,1-2H3,(H2,25,27,29);1H. The van der Waals surface area contributed by atoms with Crippen LogP contribution in [0.5, 0.6) is 0 Å². The smallest absolute Gasteiger partial charge is 0.226 e. The lowest BCUT2D eigenvalue weighted by atomic mass is 10.1. The molecule has 1 aliphatic rings. The number of anilines is 1. The molecule has 0 spiro atoms. The van der Waals surface area contributed by atoms with Crippen molar-refractivity contribution in [2.24, 2.45) is 4.99 Å². The van der Waals surface area contributed by atoms with E-state index in [9.17, 15) is 4.39 Å². The summed E-state index contributed by atoms with van der Waals surface area (Å²) < 4.78 is 19.6. The molecule has 2 N–H and O–H groups in total. The summed E-state index contributed by atoms with van der Waals surface area (Å²) >= 11 is 0. The summed E-state index contributed by atoms with van der Waals surface area (Å²) in [4.78, 5) is 15.3. The molecule has 1 unspecified atom stereocenters. The molecule has 3 aromatic rings. The predicted molar refractivity (Wildman–Crippen MR) is 135 cm³/mol. The van der Waals surface area contributed by atoms with Crippen molar-refractivity contribution >= 4 is 35.8 Å². The number of nitrogens with one attached hydrogen (secondary N) is 2. The number of benzene rings is 1.